The van der Waals surface area contributed by atoms with Crippen molar-refractivity contribution in [3.05, 3.63) is 11.8 Å². The van der Waals surface area contributed by atoms with Gasteiger partial charge >= 0.3 is 0 Å². The molecule has 0 bridgehead atoms. The van der Waals surface area contributed by atoms with Gasteiger partial charge in [-0.3, -0.25) is 9.69 Å². The van der Waals surface area contributed by atoms with Gasteiger partial charge in [-0.2, -0.15) is 0 Å². The zero-order chi connectivity index (χ0) is 15.2. The van der Waals surface area contributed by atoms with E-state index >= 15 is 0 Å². The molecule has 1 unspecified atom stereocenters. The first kappa shape index (κ1) is 16.5. The van der Waals surface area contributed by atoms with Gasteiger partial charge in [-0.25, -0.2) is 0 Å². The van der Waals surface area contributed by atoms with Crippen molar-refractivity contribution in [3.8, 4) is 0 Å². The number of hydrogen-bond donors (Lipinski definition) is 1. The Balaban J connectivity index is 1.87. The van der Waals surface area contributed by atoms with Crippen LogP contribution in [0, 0.1) is 0 Å². The maximum Gasteiger partial charge on any atom is 0.240 e. The van der Waals surface area contributed by atoms with Crippen LogP contribution in [-0.2, 0) is 4.79 Å². The molecule has 1 aliphatic carbocycles. The second kappa shape index (κ2) is 7.95. The Morgan fingerprint density at radius 3 is 2.76 bits per heavy atom. The van der Waals surface area contributed by atoms with E-state index in [9.17, 15) is 4.79 Å². The van der Waals surface area contributed by atoms with Crippen molar-refractivity contribution >= 4 is 5.91 Å². The molecule has 1 amide bonds. The first-order valence-corrected chi connectivity index (χ1v) is 8.51. The highest BCUT2D eigenvalue weighted by molar-refractivity contribution is 5.79. The Labute approximate surface area is 129 Å². The Hall–Kier alpha value is -0.870. The zero-order valence-electron chi connectivity index (χ0n) is 13.9. The predicted molar refractivity (Wildman–Crippen MR) is 87.1 cm³/mol. The van der Waals surface area contributed by atoms with E-state index in [1.807, 2.05) is 11.9 Å². The number of allylic oxidation sites excluding steroid dienone is 2. The summed E-state index contributed by atoms with van der Waals surface area (Å²) in [6.45, 7) is 7.01. The van der Waals surface area contributed by atoms with Crippen molar-refractivity contribution in [2.45, 2.75) is 64.5 Å². The van der Waals surface area contributed by atoms with Gasteiger partial charge in [0.25, 0.3) is 0 Å². The van der Waals surface area contributed by atoms with Gasteiger partial charge in [0.2, 0.25) is 5.91 Å². The third-order valence-electron chi connectivity index (χ3n) is 4.76. The topological polar surface area (TPSA) is 35.6 Å². The number of carbonyl (C=O) groups is 1. The molecular weight excluding hydrogens is 262 g/mol. The molecule has 1 aliphatic heterocycles. The minimum atomic E-state index is 0.229. The fourth-order valence-corrected chi connectivity index (χ4v) is 3.22. The summed E-state index contributed by atoms with van der Waals surface area (Å²) >= 11 is 0. The van der Waals surface area contributed by atoms with Gasteiger partial charge in [-0.1, -0.05) is 12.5 Å². The van der Waals surface area contributed by atoms with E-state index in [0.717, 1.165) is 25.9 Å². The average molecular weight is 293 g/mol. The highest BCUT2D eigenvalue weighted by Crippen LogP contribution is 2.20. The van der Waals surface area contributed by atoms with Crippen molar-refractivity contribution in [1.82, 2.24) is 15.1 Å². The highest BCUT2D eigenvalue weighted by atomic mass is 16.2. The summed E-state index contributed by atoms with van der Waals surface area (Å²) in [4.78, 5) is 16.7. The number of amides is 1. The molecule has 1 heterocycles. The fraction of sp³-hybridized carbons (Fsp3) is 0.824. The van der Waals surface area contributed by atoms with Crippen molar-refractivity contribution in [3.63, 3.8) is 0 Å². The number of nitrogens with zero attached hydrogens (tertiary/aromatic N) is 2. The lowest BCUT2D eigenvalue weighted by atomic mass is 10.0. The molecule has 1 atom stereocenters. The number of nitrogens with one attached hydrogen (secondary N) is 1. The Morgan fingerprint density at radius 2 is 2.19 bits per heavy atom. The molecule has 0 saturated carbocycles. The molecule has 1 N–H and O–H groups in total. The lowest BCUT2D eigenvalue weighted by Gasteiger charge is -2.33. The molecule has 0 aromatic heterocycles. The van der Waals surface area contributed by atoms with Gasteiger partial charge in [0.05, 0.1) is 6.54 Å². The maximum atomic E-state index is 12.5. The van der Waals surface area contributed by atoms with E-state index in [1.165, 1.54) is 31.4 Å². The van der Waals surface area contributed by atoms with Crippen LogP contribution in [0.4, 0.5) is 0 Å². The van der Waals surface area contributed by atoms with Crippen LogP contribution in [0.2, 0.25) is 0 Å². The monoisotopic (exact) mass is 293 g/mol. The first-order chi connectivity index (χ1) is 10.1. The molecule has 0 aromatic rings. The van der Waals surface area contributed by atoms with Gasteiger partial charge < -0.3 is 10.2 Å². The van der Waals surface area contributed by atoms with Gasteiger partial charge in [-0.05, 0) is 52.5 Å². The normalized spacial score (nSPS) is 22.7. The number of piperidine rings is 1. The second-order valence-corrected chi connectivity index (χ2v) is 6.71. The summed E-state index contributed by atoms with van der Waals surface area (Å²) in [6, 6.07) is 0.952. The number of likely N-dealkylation sites (N-methyl/N-ethyl adjacent to an activating group) is 1. The van der Waals surface area contributed by atoms with E-state index in [1.54, 1.807) is 0 Å². The minimum Gasteiger partial charge on any atom is -0.318 e. The molecule has 1 saturated heterocycles. The van der Waals surface area contributed by atoms with Gasteiger partial charge in [0, 0.05) is 31.4 Å². The van der Waals surface area contributed by atoms with Gasteiger partial charge in [-0.15, -0.1) is 0 Å². The van der Waals surface area contributed by atoms with E-state index in [0.29, 0.717) is 18.6 Å². The van der Waals surface area contributed by atoms with Gasteiger partial charge in [0.15, 0.2) is 0 Å². The molecule has 4 heteroatoms. The summed E-state index contributed by atoms with van der Waals surface area (Å²) in [5.41, 5.74) is 1.21. The predicted octanol–water partition coefficient (Wildman–Crippen LogP) is 2.37. The highest BCUT2D eigenvalue weighted by Gasteiger charge is 2.23. The molecule has 120 valence electrons. The van der Waals surface area contributed by atoms with Crippen molar-refractivity contribution in [2.75, 3.05) is 26.7 Å². The molecular formula is C17H31N3O. The Morgan fingerprint density at radius 1 is 1.38 bits per heavy atom. The van der Waals surface area contributed by atoms with E-state index in [4.69, 9.17) is 0 Å². The largest absolute Gasteiger partial charge is 0.318 e. The Bertz CT molecular complexity index is 372. The third kappa shape index (κ3) is 4.82. The zero-order valence-corrected chi connectivity index (χ0v) is 13.9. The first-order valence-electron chi connectivity index (χ1n) is 8.51. The number of rotatable bonds is 6. The molecule has 1 fully saturated rings. The average Bonchev–Trinajstić information content (AvgIpc) is 3.00. The lowest BCUT2D eigenvalue weighted by molar-refractivity contribution is -0.130. The van der Waals surface area contributed by atoms with Crippen LogP contribution in [0.25, 0.3) is 0 Å². The van der Waals surface area contributed by atoms with Crippen molar-refractivity contribution < 1.29 is 4.79 Å². The SMILES string of the molecule is CC(C)N(CC(=O)N(C)C1=CCCC1)CC1CCCCN1. The van der Waals surface area contributed by atoms with E-state index in [2.05, 4.69) is 30.1 Å². The molecule has 4 nitrogen and oxygen atoms in total. The summed E-state index contributed by atoms with van der Waals surface area (Å²) in [7, 11) is 1.93. The Kier molecular flexibility index (Phi) is 6.24. The summed E-state index contributed by atoms with van der Waals surface area (Å²) in [5, 5.41) is 3.58. The van der Waals surface area contributed by atoms with Crippen molar-refractivity contribution in [2.24, 2.45) is 0 Å². The molecule has 0 spiro atoms. The van der Waals surface area contributed by atoms with Crippen LogP contribution in [-0.4, -0.2) is 54.5 Å². The number of carbonyl (C=O) groups excluding carboxylic acids is 1. The summed E-state index contributed by atoms with van der Waals surface area (Å²) < 4.78 is 0. The molecule has 0 radical (unpaired) electrons. The summed E-state index contributed by atoms with van der Waals surface area (Å²) in [6.07, 6.45) is 9.39. The van der Waals surface area contributed by atoms with Crippen LogP contribution in [0.3, 0.4) is 0 Å². The van der Waals surface area contributed by atoms with Crippen LogP contribution in [0.5, 0.6) is 0 Å². The third-order valence-corrected chi connectivity index (χ3v) is 4.76. The smallest absolute Gasteiger partial charge is 0.240 e. The standard InChI is InChI=1S/C17H31N3O/c1-14(2)20(12-15-8-6-7-11-18-15)13-17(21)19(3)16-9-4-5-10-16/h9,14-15,18H,4-8,10-13H2,1-3H3. The van der Waals surface area contributed by atoms with Gasteiger partial charge in [0.1, 0.15) is 0 Å². The number of hydrogen-bond acceptors (Lipinski definition) is 3. The molecule has 0 aromatic carbocycles. The quantitative estimate of drug-likeness (QED) is 0.816. The molecule has 2 aliphatic rings. The van der Waals surface area contributed by atoms with Crippen LogP contribution < -0.4 is 5.32 Å². The van der Waals surface area contributed by atoms with Crippen LogP contribution in [0.1, 0.15) is 52.4 Å². The second-order valence-electron chi connectivity index (χ2n) is 6.71. The summed E-state index contributed by atoms with van der Waals surface area (Å²) in [5.74, 6) is 0.229. The van der Waals surface area contributed by atoms with E-state index in [-0.39, 0.29) is 5.91 Å². The van der Waals surface area contributed by atoms with Crippen LogP contribution >= 0.6 is 0 Å². The maximum absolute atomic E-state index is 12.5. The molecule has 2 rings (SSSR count). The lowest BCUT2D eigenvalue weighted by Crippen LogP contribution is -2.49. The molecule has 21 heavy (non-hydrogen) atoms. The fourth-order valence-electron chi connectivity index (χ4n) is 3.22. The van der Waals surface area contributed by atoms with Crippen LogP contribution in [0.15, 0.2) is 11.8 Å². The minimum absolute atomic E-state index is 0.229. The van der Waals surface area contributed by atoms with E-state index < -0.39 is 0 Å². The van der Waals surface area contributed by atoms with Crippen molar-refractivity contribution in [1.29, 1.82) is 0 Å².